The molecule has 2 aromatic carbocycles. The molecule has 0 atom stereocenters. The molecule has 0 aliphatic rings. The zero-order valence-corrected chi connectivity index (χ0v) is 16.3. The van der Waals surface area contributed by atoms with Crippen LogP contribution in [0.2, 0.25) is 5.02 Å². The van der Waals surface area contributed by atoms with Crippen molar-refractivity contribution >= 4 is 28.6 Å². The maximum atomic E-state index is 12.0. The average Bonchev–Trinajstić information content (AvgIpc) is 3.17. The summed E-state index contributed by atoms with van der Waals surface area (Å²) >= 11 is 5.96. The van der Waals surface area contributed by atoms with Gasteiger partial charge in [-0.05, 0) is 36.4 Å². The second-order valence-corrected chi connectivity index (χ2v) is 6.67. The Labute approximate surface area is 170 Å². The molecular weight excluding hydrogens is 394 g/mol. The van der Waals surface area contributed by atoms with Crippen molar-refractivity contribution in [1.29, 1.82) is 0 Å². The van der Waals surface area contributed by atoms with Crippen LogP contribution in [-0.4, -0.2) is 40.5 Å². The summed E-state index contributed by atoms with van der Waals surface area (Å²) < 4.78 is 10.6. The molecular formula is C21H16ClN3O4. The number of rotatable bonds is 5. The maximum absolute atomic E-state index is 12.0. The number of carboxylic acids is 1. The number of carboxylic acid groups (broad SMARTS) is 1. The largest absolute Gasteiger partial charge is 0.493 e. The SMILES string of the molecule is COc1ccc(-c2cc(C(=O)O)c3c(-c4ccc(Cl)cc4)[nH]nc3n2)cc1OC. The zero-order valence-electron chi connectivity index (χ0n) is 15.6. The van der Waals surface area contributed by atoms with E-state index in [1.54, 1.807) is 49.6 Å². The molecule has 0 saturated heterocycles. The molecule has 0 fully saturated rings. The van der Waals surface area contributed by atoms with Gasteiger partial charge < -0.3 is 14.6 Å². The van der Waals surface area contributed by atoms with Crippen LogP contribution in [0.4, 0.5) is 0 Å². The number of aromatic nitrogens is 3. The molecule has 2 N–H and O–H groups in total. The predicted octanol–water partition coefficient (Wildman–Crippen LogP) is 4.66. The molecule has 0 spiro atoms. The number of halogens is 1. The minimum absolute atomic E-state index is 0.0958. The lowest BCUT2D eigenvalue weighted by molar-refractivity contribution is 0.0699. The van der Waals surface area contributed by atoms with Crippen LogP contribution in [0.15, 0.2) is 48.5 Å². The fourth-order valence-corrected chi connectivity index (χ4v) is 3.29. The Morgan fingerprint density at radius 3 is 2.34 bits per heavy atom. The van der Waals surface area contributed by atoms with Gasteiger partial charge in [0.15, 0.2) is 17.1 Å². The number of nitrogens with one attached hydrogen (secondary N) is 1. The number of hydrogen-bond acceptors (Lipinski definition) is 5. The lowest BCUT2D eigenvalue weighted by Gasteiger charge is -2.10. The highest BCUT2D eigenvalue weighted by Gasteiger charge is 2.20. The fourth-order valence-electron chi connectivity index (χ4n) is 3.16. The van der Waals surface area contributed by atoms with E-state index in [0.717, 1.165) is 5.56 Å². The topological polar surface area (TPSA) is 97.3 Å². The van der Waals surface area contributed by atoms with Crippen molar-refractivity contribution in [3.05, 3.63) is 59.1 Å². The molecule has 0 amide bonds. The second kappa shape index (κ2) is 7.44. The third kappa shape index (κ3) is 3.36. The van der Waals surface area contributed by atoms with Gasteiger partial charge in [0.1, 0.15) is 0 Å². The predicted molar refractivity (Wildman–Crippen MR) is 110 cm³/mol. The van der Waals surface area contributed by atoms with Gasteiger partial charge in [-0.15, -0.1) is 0 Å². The van der Waals surface area contributed by atoms with Crippen LogP contribution in [0.5, 0.6) is 11.5 Å². The summed E-state index contributed by atoms with van der Waals surface area (Å²) in [6.07, 6.45) is 0. The molecule has 0 aliphatic heterocycles. The molecule has 4 rings (SSSR count). The molecule has 2 aromatic heterocycles. The molecule has 29 heavy (non-hydrogen) atoms. The first kappa shape index (κ1) is 18.8. The van der Waals surface area contributed by atoms with E-state index in [4.69, 9.17) is 21.1 Å². The molecule has 0 radical (unpaired) electrons. The second-order valence-electron chi connectivity index (χ2n) is 6.23. The van der Waals surface area contributed by atoms with Crippen LogP contribution < -0.4 is 9.47 Å². The molecule has 0 bridgehead atoms. The van der Waals surface area contributed by atoms with E-state index >= 15 is 0 Å². The highest BCUT2D eigenvalue weighted by molar-refractivity contribution is 6.30. The highest BCUT2D eigenvalue weighted by atomic mass is 35.5. The summed E-state index contributed by atoms with van der Waals surface area (Å²) in [5, 5.41) is 18.0. The van der Waals surface area contributed by atoms with Gasteiger partial charge in [-0.3, -0.25) is 5.10 Å². The standard InChI is InChI=1S/C21H16ClN3O4/c1-28-16-8-5-12(9-17(16)29-2)15-10-14(21(26)27)18-19(24-25-20(18)23-15)11-3-6-13(22)7-4-11/h3-10H,1-2H3,(H,26,27)(H,23,24,25). The number of aromatic carboxylic acids is 1. The van der Waals surface area contributed by atoms with Crippen molar-refractivity contribution in [2.24, 2.45) is 0 Å². The number of methoxy groups -OCH3 is 2. The first-order chi connectivity index (χ1) is 14.0. The van der Waals surface area contributed by atoms with E-state index in [0.29, 0.717) is 44.5 Å². The summed E-state index contributed by atoms with van der Waals surface area (Å²) in [5.74, 6) is 0.0176. The smallest absolute Gasteiger partial charge is 0.336 e. The quantitative estimate of drug-likeness (QED) is 0.497. The first-order valence-corrected chi connectivity index (χ1v) is 9.00. The van der Waals surface area contributed by atoms with Crippen molar-refractivity contribution in [1.82, 2.24) is 15.2 Å². The van der Waals surface area contributed by atoms with E-state index < -0.39 is 5.97 Å². The molecule has 8 heteroatoms. The summed E-state index contributed by atoms with van der Waals surface area (Å²) in [6, 6.07) is 13.8. The Balaban J connectivity index is 1.91. The molecule has 0 aliphatic carbocycles. The van der Waals surface area contributed by atoms with Gasteiger partial charge in [0.25, 0.3) is 0 Å². The van der Waals surface area contributed by atoms with Crippen LogP contribution in [0, 0.1) is 0 Å². The van der Waals surface area contributed by atoms with E-state index in [-0.39, 0.29) is 5.56 Å². The van der Waals surface area contributed by atoms with Gasteiger partial charge in [0.2, 0.25) is 0 Å². The monoisotopic (exact) mass is 409 g/mol. The number of fused-ring (bicyclic) bond motifs is 1. The third-order valence-corrected chi connectivity index (χ3v) is 4.82. The minimum Gasteiger partial charge on any atom is -0.493 e. The van der Waals surface area contributed by atoms with Crippen molar-refractivity contribution in [3.8, 4) is 34.0 Å². The van der Waals surface area contributed by atoms with Crippen LogP contribution >= 0.6 is 11.6 Å². The van der Waals surface area contributed by atoms with E-state index in [2.05, 4.69) is 15.2 Å². The number of hydrogen-bond donors (Lipinski definition) is 2. The maximum Gasteiger partial charge on any atom is 0.336 e. The van der Waals surface area contributed by atoms with Crippen molar-refractivity contribution < 1.29 is 19.4 Å². The van der Waals surface area contributed by atoms with Crippen molar-refractivity contribution in [2.45, 2.75) is 0 Å². The van der Waals surface area contributed by atoms with E-state index in [9.17, 15) is 9.90 Å². The Bertz CT molecular complexity index is 1220. The number of carbonyl (C=O) groups is 1. The average molecular weight is 410 g/mol. The number of ether oxygens (including phenoxy) is 2. The fraction of sp³-hybridized carbons (Fsp3) is 0.0952. The summed E-state index contributed by atoms with van der Waals surface area (Å²) in [5.41, 5.74) is 2.88. The van der Waals surface area contributed by atoms with Gasteiger partial charge in [0.05, 0.1) is 36.6 Å². The number of nitrogens with zero attached hydrogens (tertiary/aromatic N) is 2. The minimum atomic E-state index is -1.07. The molecule has 7 nitrogen and oxygen atoms in total. The van der Waals surface area contributed by atoms with Gasteiger partial charge >= 0.3 is 5.97 Å². The number of H-pyrrole nitrogens is 1. The zero-order chi connectivity index (χ0) is 20.5. The number of pyridine rings is 1. The summed E-state index contributed by atoms with van der Waals surface area (Å²) in [4.78, 5) is 16.6. The first-order valence-electron chi connectivity index (χ1n) is 8.62. The molecule has 0 unspecified atom stereocenters. The Morgan fingerprint density at radius 1 is 1.00 bits per heavy atom. The lowest BCUT2D eigenvalue weighted by atomic mass is 10.0. The van der Waals surface area contributed by atoms with Crippen LogP contribution in [0.25, 0.3) is 33.5 Å². The molecule has 0 saturated carbocycles. The van der Waals surface area contributed by atoms with Crippen molar-refractivity contribution in [3.63, 3.8) is 0 Å². The van der Waals surface area contributed by atoms with Gasteiger partial charge in [-0.1, -0.05) is 23.7 Å². The number of aromatic amines is 1. The van der Waals surface area contributed by atoms with E-state index in [1.807, 2.05) is 0 Å². The molecule has 2 heterocycles. The lowest BCUT2D eigenvalue weighted by Crippen LogP contribution is -2.00. The van der Waals surface area contributed by atoms with E-state index in [1.165, 1.54) is 13.2 Å². The molecule has 146 valence electrons. The van der Waals surface area contributed by atoms with Gasteiger partial charge in [0, 0.05) is 16.1 Å². The number of benzene rings is 2. The van der Waals surface area contributed by atoms with Gasteiger partial charge in [-0.2, -0.15) is 5.10 Å². The molecule has 4 aromatic rings. The summed E-state index contributed by atoms with van der Waals surface area (Å²) in [6.45, 7) is 0. The van der Waals surface area contributed by atoms with Crippen molar-refractivity contribution in [2.75, 3.05) is 14.2 Å². The normalized spacial score (nSPS) is 10.9. The Morgan fingerprint density at radius 2 is 1.69 bits per heavy atom. The Hall–Kier alpha value is -3.58. The van der Waals surface area contributed by atoms with Crippen LogP contribution in [0.1, 0.15) is 10.4 Å². The summed E-state index contributed by atoms with van der Waals surface area (Å²) in [7, 11) is 3.08. The van der Waals surface area contributed by atoms with Crippen LogP contribution in [-0.2, 0) is 0 Å². The Kier molecular flexibility index (Phi) is 4.82. The highest BCUT2D eigenvalue weighted by Crippen LogP contribution is 2.35. The van der Waals surface area contributed by atoms with Crippen LogP contribution in [0.3, 0.4) is 0 Å². The van der Waals surface area contributed by atoms with Gasteiger partial charge in [-0.25, -0.2) is 9.78 Å². The third-order valence-electron chi connectivity index (χ3n) is 4.57.